The van der Waals surface area contributed by atoms with Crippen LogP contribution in [0.4, 0.5) is 45.5 Å². The van der Waals surface area contributed by atoms with Crippen molar-refractivity contribution in [2.24, 2.45) is 0 Å². The Morgan fingerprint density at radius 1 is 0.513 bits per heavy atom. The third-order valence-corrected chi connectivity index (χ3v) is 6.82. The molecular formula is C33H22N5Os-3. The van der Waals surface area contributed by atoms with Gasteiger partial charge in [-0.2, -0.15) is 5.26 Å². The van der Waals surface area contributed by atoms with E-state index in [1.54, 1.807) is 0 Å². The van der Waals surface area contributed by atoms with E-state index in [0.717, 1.165) is 45.5 Å². The van der Waals surface area contributed by atoms with Crippen molar-refractivity contribution in [3.63, 3.8) is 0 Å². The molecule has 0 amide bonds. The molecule has 0 saturated carbocycles. The van der Waals surface area contributed by atoms with E-state index in [-0.39, 0.29) is 19.8 Å². The van der Waals surface area contributed by atoms with Crippen molar-refractivity contribution >= 4 is 45.5 Å². The van der Waals surface area contributed by atoms with Gasteiger partial charge in [0.15, 0.2) is 0 Å². The Morgan fingerprint density at radius 2 is 0.872 bits per heavy atom. The topological polar surface area (TPSA) is 36.8 Å². The van der Waals surface area contributed by atoms with Crippen molar-refractivity contribution in [2.75, 3.05) is 19.6 Å². The number of fused-ring (bicyclic) bond motifs is 2. The monoisotopic (exact) mass is 680 g/mol. The van der Waals surface area contributed by atoms with Crippen LogP contribution in [0.2, 0.25) is 0 Å². The van der Waals surface area contributed by atoms with E-state index in [1.807, 2.05) is 72.8 Å². The van der Waals surface area contributed by atoms with Crippen LogP contribution in [0.25, 0.3) is 0 Å². The van der Waals surface area contributed by atoms with Crippen LogP contribution in [0.3, 0.4) is 0 Å². The fourth-order valence-corrected chi connectivity index (χ4v) is 5.06. The number of nitriles is 1. The Bertz CT molecular complexity index is 1550. The van der Waals surface area contributed by atoms with Crippen LogP contribution in [-0.4, -0.2) is 0 Å². The minimum Gasteiger partial charge on any atom is -0.493 e. The van der Waals surface area contributed by atoms with Crippen LogP contribution in [0.5, 0.6) is 0 Å². The summed E-state index contributed by atoms with van der Waals surface area (Å²) in [4.78, 5) is 8.53. The average Bonchev–Trinajstić information content (AvgIpc) is 3.58. The molecule has 190 valence electrons. The molecule has 7 rings (SSSR count). The standard InChI is InChI=1S/C33H22N5.Os/c34-22-25-19-28(37-23-35(26-11-3-1-4-12-26)30-15-7-9-17-32(30)37)21-29(20-25)38-24-36(27-13-5-2-6-14-27)31-16-8-10-18-33(31)38;/h1-20,23-24H;/q-3;. The van der Waals surface area contributed by atoms with Gasteiger partial charge < -0.3 is 19.6 Å². The first-order valence-electron chi connectivity index (χ1n) is 12.4. The molecule has 0 saturated heterocycles. The molecule has 5 aromatic carbocycles. The fourth-order valence-electron chi connectivity index (χ4n) is 5.06. The predicted octanol–water partition coefficient (Wildman–Crippen LogP) is 8.17. The molecule has 6 heteroatoms. The van der Waals surface area contributed by atoms with E-state index in [2.05, 4.69) is 93.6 Å². The third-order valence-electron chi connectivity index (χ3n) is 6.82. The molecule has 0 aliphatic carbocycles. The van der Waals surface area contributed by atoms with Crippen molar-refractivity contribution in [2.45, 2.75) is 0 Å². The summed E-state index contributed by atoms with van der Waals surface area (Å²) >= 11 is 0. The summed E-state index contributed by atoms with van der Waals surface area (Å²) in [6, 6.07) is 46.8. The zero-order valence-corrected chi connectivity index (χ0v) is 23.3. The van der Waals surface area contributed by atoms with E-state index in [4.69, 9.17) is 0 Å². The first-order chi connectivity index (χ1) is 18.8. The summed E-state index contributed by atoms with van der Waals surface area (Å²) in [7, 11) is 0. The van der Waals surface area contributed by atoms with E-state index < -0.39 is 0 Å². The summed E-state index contributed by atoms with van der Waals surface area (Å²) in [6.45, 7) is 4.13. The van der Waals surface area contributed by atoms with Gasteiger partial charge in [-0.15, -0.1) is 42.9 Å². The Kier molecular flexibility index (Phi) is 6.53. The van der Waals surface area contributed by atoms with Crippen LogP contribution >= 0.6 is 0 Å². The second-order valence-corrected chi connectivity index (χ2v) is 9.11. The van der Waals surface area contributed by atoms with Gasteiger partial charge in [0, 0.05) is 53.9 Å². The molecule has 0 aromatic heterocycles. The Morgan fingerprint density at radius 3 is 1.26 bits per heavy atom. The average molecular weight is 679 g/mol. The Labute approximate surface area is 241 Å². The molecule has 2 aliphatic heterocycles. The first kappa shape index (κ1) is 24.7. The summed E-state index contributed by atoms with van der Waals surface area (Å²) < 4.78 is 0. The van der Waals surface area contributed by atoms with Crippen LogP contribution in [-0.2, 0) is 19.8 Å². The van der Waals surface area contributed by atoms with Crippen molar-refractivity contribution < 1.29 is 19.8 Å². The van der Waals surface area contributed by atoms with E-state index in [0.29, 0.717) is 5.56 Å². The summed E-state index contributed by atoms with van der Waals surface area (Å²) in [5.41, 5.74) is 8.52. The second-order valence-electron chi connectivity index (χ2n) is 9.11. The maximum absolute atomic E-state index is 9.98. The van der Waals surface area contributed by atoms with Crippen LogP contribution in [0, 0.1) is 30.7 Å². The first-order valence-corrected chi connectivity index (χ1v) is 12.4. The maximum Gasteiger partial charge on any atom is 0.0726 e. The number of rotatable bonds is 4. The molecule has 39 heavy (non-hydrogen) atoms. The molecule has 0 N–H and O–H groups in total. The molecule has 2 aliphatic rings. The Balaban J connectivity index is 0.00000277. The largest absolute Gasteiger partial charge is 0.493 e. The molecular weight excluding hydrogens is 657 g/mol. The van der Waals surface area contributed by atoms with Gasteiger partial charge in [-0.1, -0.05) is 66.2 Å². The summed E-state index contributed by atoms with van der Waals surface area (Å²) in [5.74, 6) is 0. The van der Waals surface area contributed by atoms with Gasteiger partial charge in [-0.05, 0) is 48.5 Å². The van der Waals surface area contributed by atoms with Gasteiger partial charge in [0.05, 0.1) is 6.07 Å². The van der Waals surface area contributed by atoms with Crippen molar-refractivity contribution in [3.05, 3.63) is 146 Å². The molecule has 0 fully saturated rings. The SMILES string of the molecule is N#Cc1cc(N2[CH-]N(c3ccccc3)c3ccccc32)[c-]c(N2[CH-]N(c3ccccc3)c3ccccc32)c1.[Os]. The second kappa shape index (κ2) is 10.3. The van der Waals surface area contributed by atoms with Gasteiger partial charge >= 0.3 is 0 Å². The molecule has 2 heterocycles. The number of anilines is 8. The molecule has 0 radical (unpaired) electrons. The van der Waals surface area contributed by atoms with E-state index in [1.165, 1.54) is 0 Å². The number of hydrogen-bond donors (Lipinski definition) is 0. The molecule has 0 atom stereocenters. The minimum atomic E-state index is 0. The Hall–Kier alpha value is -4.57. The summed E-state index contributed by atoms with van der Waals surface area (Å²) in [5, 5.41) is 9.98. The molecule has 0 bridgehead atoms. The fraction of sp³-hybridized carbons (Fsp3) is 0. The van der Waals surface area contributed by atoms with Gasteiger partial charge in [0.1, 0.15) is 0 Å². The number of nitrogens with zero attached hydrogens (tertiary/aromatic N) is 5. The number of hydrogen-bond acceptors (Lipinski definition) is 5. The zero-order chi connectivity index (χ0) is 25.5. The van der Waals surface area contributed by atoms with Crippen molar-refractivity contribution in [1.82, 2.24) is 0 Å². The van der Waals surface area contributed by atoms with Gasteiger partial charge in [-0.25, -0.2) is 0 Å². The van der Waals surface area contributed by atoms with Gasteiger partial charge in [0.25, 0.3) is 0 Å². The third kappa shape index (κ3) is 4.32. The normalized spacial score (nSPS) is 13.5. The van der Waals surface area contributed by atoms with Crippen LogP contribution in [0.15, 0.2) is 121 Å². The maximum atomic E-state index is 9.98. The molecule has 0 unspecified atom stereocenters. The van der Waals surface area contributed by atoms with Crippen molar-refractivity contribution in [1.29, 1.82) is 5.26 Å². The summed E-state index contributed by atoms with van der Waals surface area (Å²) in [6.07, 6.45) is 0. The molecule has 5 nitrogen and oxygen atoms in total. The smallest absolute Gasteiger partial charge is 0.0726 e. The van der Waals surface area contributed by atoms with E-state index >= 15 is 0 Å². The van der Waals surface area contributed by atoms with E-state index in [9.17, 15) is 5.26 Å². The quantitative estimate of drug-likeness (QED) is 0.179. The molecule has 0 spiro atoms. The van der Waals surface area contributed by atoms with Gasteiger partial charge in [-0.3, -0.25) is 0 Å². The minimum absolute atomic E-state index is 0. The number of benzene rings is 5. The molecule has 5 aromatic rings. The van der Waals surface area contributed by atoms with Crippen LogP contribution in [0.1, 0.15) is 5.56 Å². The van der Waals surface area contributed by atoms with Crippen molar-refractivity contribution in [3.8, 4) is 6.07 Å². The van der Waals surface area contributed by atoms with Gasteiger partial charge in [0.2, 0.25) is 0 Å². The predicted molar refractivity (Wildman–Crippen MR) is 153 cm³/mol. The zero-order valence-electron chi connectivity index (χ0n) is 20.8. The number of para-hydroxylation sites is 6. The van der Waals surface area contributed by atoms with Crippen LogP contribution < -0.4 is 19.6 Å².